The Morgan fingerprint density at radius 3 is 2.80 bits per heavy atom. The molecule has 1 fully saturated rings. The number of benzene rings is 1. The molecule has 15 heavy (non-hydrogen) atoms. The Morgan fingerprint density at radius 1 is 1.53 bits per heavy atom. The molecule has 1 heterocycles. The Bertz CT molecular complexity index is 388. The van der Waals surface area contributed by atoms with Crippen LogP contribution in [0.4, 0.5) is 5.69 Å². The SMILES string of the molecule is Cc1cc(Br)ccc1NC(=O)C1CNC1. The van der Waals surface area contributed by atoms with E-state index in [2.05, 4.69) is 26.6 Å². The molecule has 0 bridgehead atoms. The van der Waals surface area contributed by atoms with E-state index >= 15 is 0 Å². The van der Waals surface area contributed by atoms with Crippen molar-refractivity contribution in [2.24, 2.45) is 5.92 Å². The van der Waals surface area contributed by atoms with Crippen molar-refractivity contribution in [1.82, 2.24) is 5.32 Å². The molecule has 1 aromatic rings. The summed E-state index contributed by atoms with van der Waals surface area (Å²) in [5.74, 6) is 0.243. The van der Waals surface area contributed by atoms with Gasteiger partial charge in [0.2, 0.25) is 5.91 Å². The molecular formula is C11H13BrN2O. The summed E-state index contributed by atoms with van der Waals surface area (Å²) < 4.78 is 1.03. The van der Waals surface area contributed by atoms with Gasteiger partial charge >= 0.3 is 0 Å². The van der Waals surface area contributed by atoms with E-state index in [9.17, 15) is 4.79 Å². The van der Waals surface area contributed by atoms with Crippen LogP contribution in [0.5, 0.6) is 0 Å². The number of halogens is 1. The van der Waals surface area contributed by atoms with Crippen molar-refractivity contribution in [1.29, 1.82) is 0 Å². The van der Waals surface area contributed by atoms with Gasteiger partial charge in [0, 0.05) is 23.2 Å². The van der Waals surface area contributed by atoms with Gasteiger partial charge in [-0.2, -0.15) is 0 Å². The number of nitrogens with one attached hydrogen (secondary N) is 2. The van der Waals surface area contributed by atoms with E-state index in [1.54, 1.807) is 0 Å². The maximum atomic E-state index is 11.7. The van der Waals surface area contributed by atoms with Gasteiger partial charge in [0.25, 0.3) is 0 Å². The summed E-state index contributed by atoms with van der Waals surface area (Å²) in [7, 11) is 0. The molecule has 0 unspecified atom stereocenters. The van der Waals surface area contributed by atoms with E-state index in [0.717, 1.165) is 28.8 Å². The topological polar surface area (TPSA) is 41.1 Å². The normalized spacial score (nSPS) is 15.9. The summed E-state index contributed by atoms with van der Waals surface area (Å²) in [5, 5.41) is 6.02. The summed E-state index contributed by atoms with van der Waals surface area (Å²) in [5.41, 5.74) is 1.97. The van der Waals surface area contributed by atoms with E-state index in [1.165, 1.54) is 0 Å². The van der Waals surface area contributed by atoms with Crippen molar-refractivity contribution in [3.05, 3.63) is 28.2 Å². The van der Waals surface area contributed by atoms with Gasteiger partial charge < -0.3 is 10.6 Å². The molecule has 0 radical (unpaired) electrons. The summed E-state index contributed by atoms with van der Waals surface area (Å²) in [6, 6.07) is 5.85. The first-order valence-corrected chi connectivity index (χ1v) is 5.74. The average Bonchev–Trinajstić information content (AvgIpc) is 2.07. The third-order valence-corrected chi connectivity index (χ3v) is 3.09. The number of anilines is 1. The van der Waals surface area contributed by atoms with Crippen LogP contribution in [0.15, 0.2) is 22.7 Å². The second kappa shape index (κ2) is 4.33. The Hall–Kier alpha value is -0.870. The first-order valence-electron chi connectivity index (χ1n) is 4.94. The van der Waals surface area contributed by atoms with Crippen LogP contribution in [0, 0.1) is 12.8 Å². The zero-order valence-electron chi connectivity index (χ0n) is 8.51. The Morgan fingerprint density at radius 2 is 2.27 bits per heavy atom. The van der Waals surface area contributed by atoms with Gasteiger partial charge in [0.1, 0.15) is 0 Å². The van der Waals surface area contributed by atoms with Crippen LogP contribution in [-0.2, 0) is 4.79 Å². The van der Waals surface area contributed by atoms with Crippen LogP contribution in [0.2, 0.25) is 0 Å². The molecule has 1 aliphatic rings. The molecule has 0 atom stereocenters. The van der Waals surface area contributed by atoms with Gasteiger partial charge in [-0.25, -0.2) is 0 Å². The predicted molar refractivity (Wildman–Crippen MR) is 63.9 cm³/mol. The van der Waals surface area contributed by atoms with Crippen LogP contribution in [0.1, 0.15) is 5.56 Å². The van der Waals surface area contributed by atoms with Gasteiger partial charge in [-0.15, -0.1) is 0 Å². The van der Waals surface area contributed by atoms with Crippen LogP contribution >= 0.6 is 15.9 Å². The molecule has 1 amide bonds. The summed E-state index contributed by atoms with van der Waals surface area (Å²) in [6.07, 6.45) is 0. The molecule has 1 aromatic carbocycles. The van der Waals surface area contributed by atoms with Gasteiger partial charge in [0.15, 0.2) is 0 Å². The van der Waals surface area contributed by atoms with Crippen molar-refractivity contribution in [3.63, 3.8) is 0 Å². The average molecular weight is 269 g/mol. The highest BCUT2D eigenvalue weighted by molar-refractivity contribution is 9.10. The van der Waals surface area contributed by atoms with Crippen molar-refractivity contribution >= 4 is 27.5 Å². The third kappa shape index (κ3) is 2.38. The van der Waals surface area contributed by atoms with Gasteiger partial charge in [-0.1, -0.05) is 15.9 Å². The van der Waals surface area contributed by atoms with E-state index in [-0.39, 0.29) is 11.8 Å². The standard InChI is InChI=1S/C11H13BrN2O/c1-7-4-9(12)2-3-10(7)14-11(15)8-5-13-6-8/h2-4,8,13H,5-6H2,1H3,(H,14,15). The number of hydrogen-bond donors (Lipinski definition) is 2. The van der Waals surface area contributed by atoms with Crippen LogP contribution in [-0.4, -0.2) is 19.0 Å². The fourth-order valence-electron chi connectivity index (χ4n) is 1.48. The van der Waals surface area contributed by atoms with E-state index < -0.39 is 0 Å². The van der Waals surface area contributed by atoms with Gasteiger partial charge in [0.05, 0.1) is 5.92 Å². The lowest BCUT2D eigenvalue weighted by Gasteiger charge is -2.26. The lowest BCUT2D eigenvalue weighted by molar-refractivity contribution is -0.121. The monoisotopic (exact) mass is 268 g/mol. The summed E-state index contributed by atoms with van der Waals surface area (Å²) in [4.78, 5) is 11.7. The van der Waals surface area contributed by atoms with Crippen molar-refractivity contribution < 1.29 is 4.79 Å². The zero-order chi connectivity index (χ0) is 10.8. The minimum absolute atomic E-state index is 0.110. The molecule has 1 saturated heterocycles. The Balaban J connectivity index is 2.06. The number of carbonyl (C=O) groups is 1. The second-order valence-corrected chi connectivity index (χ2v) is 4.72. The van der Waals surface area contributed by atoms with Crippen molar-refractivity contribution in [3.8, 4) is 0 Å². The van der Waals surface area contributed by atoms with Gasteiger partial charge in [-0.3, -0.25) is 4.79 Å². The molecule has 1 aliphatic heterocycles. The lowest BCUT2D eigenvalue weighted by Crippen LogP contribution is -2.48. The smallest absolute Gasteiger partial charge is 0.230 e. The number of aryl methyl sites for hydroxylation is 1. The first-order chi connectivity index (χ1) is 7.16. The molecular weight excluding hydrogens is 256 g/mol. The van der Waals surface area contributed by atoms with Crippen LogP contribution in [0.25, 0.3) is 0 Å². The largest absolute Gasteiger partial charge is 0.326 e. The molecule has 0 spiro atoms. The lowest BCUT2D eigenvalue weighted by atomic mass is 10.0. The third-order valence-electron chi connectivity index (χ3n) is 2.60. The molecule has 4 heteroatoms. The molecule has 0 saturated carbocycles. The molecule has 0 aliphatic carbocycles. The Kier molecular flexibility index (Phi) is 3.07. The summed E-state index contributed by atoms with van der Waals surface area (Å²) >= 11 is 3.39. The molecule has 3 nitrogen and oxygen atoms in total. The maximum Gasteiger partial charge on any atom is 0.230 e. The number of hydrogen-bond acceptors (Lipinski definition) is 2. The van der Waals surface area contributed by atoms with E-state index in [1.807, 2.05) is 25.1 Å². The van der Waals surface area contributed by atoms with Crippen LogP contribution < -0.4 is 10.6 Å². The van der Waals surface area contributed by atoms with Crippen LogP contribution in [0.3, 0.4) is 0 Å². The predicted octanol–water partition coefficient (Wildman–Crippen LogP) is 1.92. The van der Waals surface area contributed by atoms with E-state index in [0.29, 0.717) is 0 Å². The van der Waals surface area contributed by atoms with Gasteiger partial charge in [-0.05, 0) is 30.7 Å². The minimum atomic E-state index is 0.110. The zero-order valence-corrected chi connectivity index (χ0v) is 10.1. The molecule has 2 N–H and O–H groups in total. The van der Waals surface area contributed by atoms with E-state index in [4.69, 9.17) is 0 Å². The quantitative estimate of drug-likeness (QED) is 0.861. The fourth-order valence-corrected chi connectivity index (χ4v) is 1.95. The first kappa shape index (κ1) is 10.6. The molecule has 80 valence electrons. The molecule has 2 rings (SSSR count). The summed E-state index contributed by atoms with van der Waals surface area (Å²) in [6.45, 7) is 3.57. The van der Waals surface area contributed by atoms with Crippen molar-refractivity contribution in [2.45, 2.75) is 6.92 Å². The number of rotatable bonds is 2. The minimum Gasteiger partial charge on any atom is -0.326 e. The highest BCUT2D eigenvalue weighted by Crippen LogP contribution is 2.20. The molecule has 0 aromatic heterocycles. The second-order valence-electron chi connectivity index (χ2n) is 3.80. The maximum absolute atomic E-state index is 11.7. The fraction of sp³-hybridized carbons (Fsp3) is 0.364. The Labute approximate surface area is 97.4 Å². The number of amides is 1. The van der Waals surface area contributed by atoms with Crippen molar-refractivity contribution in [2.75, 3.05) is 18.4 Å². The number of carbonyl (C=O) groups excluding carboxylic acids is 1. The highest BCUT2D eigenvalue weighted by Gasteiger charge is 2.24. The highest BCUT2D eigenvalue weighted by atomic mass is 79.9.